The maximum atomic E-state index is 5.02. The molecule has 22 heavy (non-hydrogen) atoms. The van der Waals surface area contributed by atoms with Gasteiger partial charge in [-0.3, -0.25) is 0 Å². The van der Waals surface area contributed by atoms with Gasteiger partial charge in [0.1, 0.15) is 0 Å². The molecule has 3 aliphatic rings. The number of aromatic nitrogens is 1. The highest BCUT2D eigenvalue weighted by Crippen LogP contribution is 2.49. The third-order valence-electron chi connectivity index (χ3n) is 4.51. The van der Waals surface area contributed by atoms with E-state index in [4.69, 9.17) is 4.98 Å². The lowest BCUT2D eigenvalue weighted by molar-refractivity contribution is 0.909. The van der Waals surface area contributed by atoms with Gasteiger partial charge in [-0.05, 0) is 50.2 Å². The van der Waals surface area contributed by atoms with Gasteiger partial charge in [0.05, 0.1) is 9.90 Å². The van der Waals surface area contributed by atoms with Gasteiger partial charge in [0.2, 0.25) is 0 Å². The van der Waals surface area contributed by atoms with E-state index in [9.17, 15) is 0 Å². The van der Waals surface area contributed by atoms with Gasteiger partial charge in [-0.25, -0.2) is 4.98 Å². The molecule has 4 rings (SSSR count). The van der Waals surface area contributed by atoms with Gasteiger partial charge < -0.3 is 4.90 Å². The van der Waals surface area contributed by atoms with E-state index < -0.39 is 0 Å². The number of thiazole rings is 1. The Bertz CT molecular complexity index is 634. The summed E-state index contributed by atoms with van der Waals surface area (Å²) in [7, 11) is 0. The summed E-state index contributed by atoms with van der Waals surface area (Å²) in [5, 5.41) is 1.82. The lowest BCUT2D eigenvalue weighted by Gasteiger charge is -2.23. The van der Waals surface area contributed by atoms with Crippen molar-refractivity contribution in [1.82, 2.24) is 4.98 Å². The van der Waals surface area contributed by atoms with Crippen LogP contribution in [0.1, 0.15) is 58.1 Å². The molecular formula is C18H24N2S2. The van der Waals surface area contributed by atoms with E-state index in [2.05, 4.69) is 37.9 Å². The van der Waals surface area contributed by atoms with Crippen molar-refractivity contribution in [3.05, 3.63) is 29.1 Å². The van der Waals surface area contributed by atoms with Gasteiger partial charge in [-0.15, -0.1) is 11.8 Å². The number of hydrogen-bond acceptors (Lipinski definition) is 4. The van der Waals surface area contributed by atoms with E-state index in [1.54, 1.807) is 5.57 Å². The van der Waals surface area contributed by atoms with E-state index in [1.807, 2.05) is 23.1 Å². The average Bonchev–Trinajstić information content (AvgIpc) is 3.37. The van der Waals surface area contributed by atoms with Crippen molar-refractivity contribution in [2.24, 2.45) is 5.92 Å². The molecule has 0 saturated heterocycles. The summed E-state index contributed by atoms with van der Waals surface area (Å²) in [4.78, 5) is 7.37. The fraction of sp³-hybridized carbons (Fsp3) is 0.611. The van der Waals surface area contributed by atoms with Crippen molar-refractivity contribution in [2.75, 3.05) is 11.4 Å². The maximum absolute atomic E-state index is 5.02. The first kappa shape index (κ1) is 14.8. The lowest BCUT2D eigenvalue weighted by Crippen LogP contribution is -2.22. The van der Waals surface area contributed by atoms with E-state index in [0.717, 1.165) is 18.4 Å². The van der Waals surface area contributed by atoms with Crippen molar-refractivity contribution in [1.29, 1.82) is 0 Å². The third kappa shape index (κ3) is 3.00. The van der Waals surface area contributed by atoms with E-state index in [-0.39, 0.29) is 0 Å². The molecule has 2 saturated carbocycles. The zero-order valence-electron chi connectivity index (χ0n) is 13.6. The van der Waals surface area contributed by atoms with Gasteiger partial charge >= 0.3 is 0 Å². The van der Waals surface area contributed by atoms with Crippen molar-refractivity contribution in [3.8, 4) is 0 Å². The average molecular weight is 333 g/mol. The molecule has 0 radical (unpaired) electrons. The Kier molecular flexibility index (Phi) is 3.85. The van der Waals surface area contributed by atoms with Crippen molar-refractivity contribution < 1.29 is 0 Å². The quantitative estimate of drug-likeness (QED) is 0.655. The summed E-state index contributed by atoms with van der Waals surface area (Å²) >= 11 is 3.88. The highest BCUT2D eigenvalue weighted by Gasteiger charge is 2.32. The minimum absolute atomic E-state index is 0.630. The predicted octanol–water partition coefficient (Wildman–Crippen LogP) is 5.58. The molecule has 0 atom stereocenters. The predicted molar refractivity (Wildman–Crippen MR) is 97.0 cm³/mol. The van der Waals surface area contributed by atoms with Gasteiger partial charge in [0.15, 0.2) is 5.13 Å². The second-order valence-electron chi connectivity index (χ2n) is 7.06. The molecule has 0 amide bonds. The summed E-state index contributed by atoms with van der Waals surface area (Å²) in [6.45, 7) is 7.86. The SMILES string of the molecule is CC1=C(C2CC2)C=CN(c2nc(C3CC3)c(SC(C)C)s2)C1. The summed E-state index contributed by atoms with van der Waals surface area (Å²) in [5.74, 6) is 1.59. The Hall–Kier alpha value is -0.740. The van der Waals surface area contributed by atoms with Crippen LogP contribution in [0, 0.1) is 5.92 Å². The highest BCUT2D eigenvalue weighted by molar-refractivity contribution is 8.01. The summed E-state index contributed by atoms with van der Waals surface area (Å²) in [6.07, 6.45) is 10.0. The Morgan fingerprint density at radius 1 is 1.23 bits per heavy atom. The first-order valence-corrected chi connectivity index (χ1v) is 10.1. The fourth-order valence-electron chi connectivity index (χ4n) is 3.07. The molecule has 1 aromatic rings. The van der Waals surface area contributed by atoms with Crippen LogP contribution in [-0.2, 0) is 0 Å². The number of anilines is 1. The van der Waals surface area contributed by atoms with Crippen LogP contribution in [0.15, 0.2) is 27.6 Å². The number of allylic oxidation sites excluding steroid dienone is 2. The topological polar surface area (TPSA) is 16.1 Å². The zero-order valence-corrected chi connectivity index (χ0v) is 15.3. The number of nitrogens with zero attached hydrogens (tertiary/aromatic N) is 2. The van der Waals surface area contributed by atoms with E-state index in [1.165, 1.54) is 46.3 Å². The summed E-state index contributed by atoms with van der Waals surface area (Å²) < 4.78 is 1.45. The van der Waals surface area contributed by atoms with Crippen molar-refractivity contribution >= 4 is 28.2 Å². The Morgan fingerprint density at radius 3 is 2.55 bits per heavy atom. The van der Waals surface area contributed by atoms with Gasteiger partial charge in [-0.2, -0.15) is 0 Å². The van der Waals surface area contributed by atoms with Crippen LogP contribution in [0.2, 0.25) is 0 Å². The van der Waals surface area contributed by atoms with Crippen LogP contribution >= 0.6 is 23.1 Å². The van der Waals surface area contributed by atoms with E-state index in [0.29, 0.717) is 5.25 Å². The zero-order chi connectivity index (χ0) is 15.3. The smallest absolute Gasteiger partial charge is 0.190 e. The standard InChI is InChI=1S/C18H24N2S2/c1-11(2)21-17-16(14-6-7-14)19-18(22-17)20-9-8-15(12(3)10-20)13-4-5-13/h8-9,11,13-14H,4-7,10H2,1-3H3. The Morgan fingerprint density at radius 2 is 1.95 bits per heavy atom. The van der Waals surface area contributed by atoms with Crippen LogP contribution in [0.5, 0.6) is 0 Å². The monoisotopic (exact) mass is 332 g/mol. The van der Waals surface area contributed by atoms with Crippen LogP contribution in [0.3, 0.4) is 0 Å². The molecular weight excluding hydrogens is 308 g/mol. The van der Waals surface area contributed by atoms with Gasteiger partial charge in [0, 0.05) is 23.9 Å². The molecule has 2 nitrogen and oxygen atoms in total. The molecule has 0 spiro atoms. The highest BCUT2D eigenvalue weighted by atomic mass is 32.2. The first-order chi connectivity index (χ1) is 10.6. The molecule has 4 heteroatoms. The third-order valence-corrected chi connectivity index (χ3v) is 6.85. The largest absolute Gasteiger partial charge is 0.320 e. The minimum atomic E-state index is 0.630. The second-order valence-corrected chi connectivity index (χ2v) is 9.89. The molecule has 0 unspecified atom stereocenters. The molecule has 1 aliphatic heterocycles. The molecule has 0 aromatic carbocycles. The Labute approximate surface area is 141 Å². The van der Waals surface area contributed by atoms with Crippen LogP contribution in [0.4, 0.5) is 5.13 Å². The van der Waals surface area contributed by atoms with Crippen LogP contribution in [0.25, 0.3) is 0 Å². The molecule has 1 aromatic heterocycles. The molecule has 2 aliphatic carbocycles. The van der Waals surface area contributed by atoms with Crippen molar-refractivity contribution in [2.45, 2.75) is 61.8 Å². The maximum Gasteiger partial charge on any atom is 0.190 e. The minimum Gasteiger partial charge on any atom is -0.320 e. The molecule has 0 N–H and O–H groups in total. The van der Waals surface area contributed by atoms with Gasteiger partial charge in [-0.1, -0.05) is 30.8 Å². The van der Waals surface area contributed by atoms with E-state index >= 15 is 0 Å². The molecule has 0 bridgehead atoms. The molecule has 2 fully saturated rings. The number of hydrogen-bond donors (Lipinski definition) is 0. The summed E-state index contributed by atoms with van der Waals surface area (Å²) in [6, 6.07) is 0. The van der Waals surface area contributed by atoms with Crippen LogP contribution in [-0.4, -0.2) is 16.8 Å². The first-order valence-electron chi connectivity index (χ1n) is 8.43. The number of thioether (sulfide) groups is 1. The normalized spacial score (nSPS) is 22.1. The second kappa shape index (κ2) is 5.72. The molecule has 118 valence electrons. The van der Waals surface area contributed by atoms with Gasteiger partial charge in [0.25, 0.3) is 0 Å². The van der Waals surface area contributed by atoms with Crippen LogP contribution < -0.4 is 4.90 Å². The Balaban J connectivity index is 1.57. The lowest BCUT2D eigenvalue weighted by atomic mass is 10.0. The van der Waals surface area contributed by atoms with Crippen molar-refractivity contribution in [3.63, 3.8) is 0 Å². The summed E-state index contributed by atoms with van der Waals surface area (Å²) in [5.41, 5.74) is 4.50. The number of rotatable bonds is 5. The molecule has 2 heterocycles. The fourth-order valence-corrected chi connectivity index (χ4v) is 5.69.